The van der Waals surface area contributed by atoms with Crippen molar-refractivity contribution in [3.63, 3.8) is 0 Å². The minimum Gasteiger partial charge on any atom is -0.481 e. The van der Waals surface area contributed by atoms with E-state index in [1.54, 1.807) is 24.5 Å². The molecule has 1 heterocycles. The van der Waals surface area contributed by atoms with Crippen molar-refractivity contribution in [1.29, 1.82) is 0 Å². The lowest BCUT2D eigenvalue weighted by Gasteiger charge is -2.24. The summed E-state index contributed by atoms with van der Waals surface area (Å²) >= 11 is 0. The highest BCUT2D eigenvalue weighted by Crippen LogP contribution is 2.27. The average molecular weight is 285 g/mol. The van der Waals surface area contributed by atoms with Gasteiger partial charge in [0.2, 0.25) is 5.91 Å². The van der Waals surface area contributed by atoms with Gasteiger partial charge in [-0.15, -0.1) is 0 Å². The number of amides is 1. The Morgan fingerprint density at radius 2 is 2.00 bits per heavy atom. The Balaban J connectivity index is 1.78. The molecule has 0 radical (unpaired) electrons. The third-order valence-corrected chi connectivity index (χ3v) is 3.77. The molecule has 3 rings (SSSR count). The molecule has 108 valence electrons. The summed E-state index contributed by atoms with van der Waals surface area (Å²) in [6.45, 7) is 0. The number of imidazole rings is 1. The zero-order valence-electron chi connectivity index (χ0n) is 11.2. The summed E-state index contributed by atoms with van der Waals surface area (Å²) in [4.78, 5) is 30.6. The van der Waals surface area contributed by atoms with Crippen LogP contribution in [-0.2, 0) is 9.59 Å². The van der Waals surface area contributed by atoms with E-state index in [1.807, 2.05) is 12.2 Å². The molecule has 21 heavy (non-hydrogen) atoms. The Morgan fingerprint density at radius 1 is 1.24 bits per heavy atom. The maximum absolute atomic E-state index is 12.3. The van der Waals surface area contributed by atoms with Crippen LogP contribution in [0.15, 0.2) is 36.7 Å². The van der Waals surface area contributed by atoms with Crippen LogP contribution in [0, 0.1) is 11.8 Å². The Morgan fingerprint density at radius 3 is 2.76 bits per heavy atom. The fraction of sp³-hybridized carbons (Fsp3) is 0.267. The lowest BCUT2D eigenvalue weighted by Crippen LogP contribution is -2.34. The second kappa shape index (κ2) is 5.40. The molecule has 0 aliphatic heterocycles. The van der Waals surface area contributed by atoms with Gasteiger partial charge in [-0.25, -0.2) is 4.98 Å². The highest BCUT2D eigenvalue weighted by molar-refractivity contribution is 5.96. The quantitative estimate of drug-likeness (QED) is 0.753. The van der Waals surface area contributed by atoms with Crippen LogP contribution in [0.5, 0.6) is 0 Å². The first-order valence-corrected chi connectivity index (χ1v) is 6.77. The maximum atomic E-state index is 12.3. The second-order valence-corrected chi connectivity index (χ2v) is 5.12. The van der Waals surface area contributed by atoms with Crippen molar-refractivity contribution in [1.82, 2.24) is 9.97 Å². The van der Waals surface area contributed by atoms with E-state index in [1.165, 1.54) is 0 Å². The Labute approximate surface area is 120 Å². The zero-order valence-corrected chi connectivity index (χ0v) is 11.2. The van der Waals surface area contributed by atoms with Crippen molar-refractivity contribution in [2.24, 2.45) is 11.8 Å². The normalized spacial score (nSPS) is 21.3. The fourth-order valence-corrected chi connectivity index (χ4v) is 2.63. The van der Waals surface area contributed by atoms with Gasteiger partial charge >= 0.3 is 5.97 Å². The van der Waals surface area contributed by atoms with Gasteiger partial charge in [0.25, 0.3) is 0 Å². The molecular formula is C15H15N3O3. The number of allylic oxidation sites excluding steroid dienone is 2. The number of fused-ring (bicyclic) bond motifs is 1. The molecule has 2 aromatic rings. The number of carboxylic acids is 1. The molecule has 0 fully saturated rings. The molecule has 3 N–H and O–H groups in total. The number of hydrogen-bond acceptors (Lipinski definition) is 3. The number of rotatable bonds is 3. The number of hydrogen-bond donors (Lipinski definition) is 3. The van der Waals surface area contributed by atoms with E-state index in [-0.39, 0.29) is 5.91 Å². The summed E-state index contributed by atoms with van der Waals surface area (Å²) in [5, 5.41) is 12.0. The van der Waals surface area contributed by atoms with E-state index in [0.29, 0.717) is 18.5 Å². The van der Waals surface area contributed by atoms with E-state index in [9.17, 15) is 14.7 Å². The summed E-state index contributed by atoms with van der Waals surface area (Å²) < 4.78 is 0. The van der Waals surface area contributed by atoms with E-state index >= 15 is 0 Å². The van der Waals surface area contributed by atoms with E-state index < -0.39 is 17.8 Å². The number of carbonyl (C=O) groups excluding carboxylic acids is 1. The second-order valence-electron chi connectivity index (χ2n) is 5.12. The minimum atomic E-state index is -0.927. The first-order valence-electron chi connectivity index (χ1n) is 6.77. The highest BCUT2D eigenvalue weighted by atomic mass is 16.4. The van der Waals surface area contributed by atoms with Crippen molar-refractivity contribution >= 4 is 28.6 Å². The number of carbonyl (C=O) groups is 2. The SMILES string of the molecule is O=C(O)C1CC=CCC1C(=O)Nc1ccc2nc[nH]c2c1. The summed E-state index contributed by atoms with van der Waals surface area (Å²) in [5.74, 6) is -2.38. The lowest BCUT2D eigenvalue weighted by molar-refractivity contribution is -0.146. The molecule has 2 atom stereocenters. The van der Waals surface area contributed by atoms with Gasteiger partial charge in [0.15, 0.2) is 0 Å². The Bertz CT molecular complexity index is 720. The van der Waals surface area contributed by atoms with Crippen molar-refractivity contribution in [3.8, 4) is 0 Å². The van der Waals surface area contributed by atoms with Crippen LogP contribution in [0.25, 0.3) is 11.0 Å². The van der Waals surface area contributed by atoms with Gasteiger partial charge in [-0.1, -0.05) is 12.2 Å². The van der Waals surface area contributed by atoms with Crippen molar-refractivity contribution < 1.29 is 14.7 Å². The van der Waals surface area contributed by atoms with Crippen LogP contribution < -0.4 is 5.32 Å². The van der Waals surface area contributed by atoms with Crippen molar-refractivity contribution in [2.75, 3.05) is 5.32 Å². The molecule has 1 aliphatic carbocycles. The van der Waals surface area contributed by atoms with E-state index in [0.717, 1.165) is 11.0 Å². The number of nitrogens with one attached hydrogen (secondary N) is 2. The molecule has 6 nitrogen and oxygen atoms in total. The van der Waals surface area contributed by atoms with Crippen LogP contribution in [0.1, 0.15) is 12.8 Å². The number of aromatic nitrogens is 2. The number of aromatic amines is 1. The number of H-pyrrole nitrogens is 1. The molecule has 1 aromatic carbocycles. The molecular weight excluding hydrogens is 270 g/mol. The van der Waals surface area contributed by atoms with Crippen molar-refractivity contribution in [3.05, 3.63) is 36.7 Å². The highest BCUT2D eigenvalue weighted by Gasteiger charge is 2.33. The number of nitrogens with zero attached hydrogens (tertiary/aromatic N) is 1. The molecule has 1 aromatic heterocycles. The summed E-state index contributed by atoms with van der Waals surface area (Å²) in [7, 11) is 0. The molecule has 0 saturated heterocycles. The third-order valence-electron chi connectivity index (χ3n) is 3.77. The maximum Gasteiger partial charge on any atom is 0.307 e. The predicted octanol–water partition coefficient (Wildman–Crippen LogP) is 2.17. The van der Waals surface area contributed by atoms with Gasteiger partial charge < -0.3 is 15.4 Å². The Kier molecular flexibility index (Phi) is 3.43. The van der Waals surface area contributed by atoms with Gasteiger partial charge in [-0.05, 0) is 31.0 Å². The summed E-state index contributed by atoms with van der Waals surface area (Å²) in [5.41, 5.74) is 2.28. The summed E-state index contributed by atoms with van der Waals surface area (Å²) in [6, 6.07) is 5.35. The average Bonchev–Trinajstić information content (AvgIpc) is 2.94. The monoisotopic (exact) mass is 285 g/mol. The van der Waals surface area contributed by atoms with Crippen molar-refractivity contribution in [2.45, 2.75) is 12.8 Å². The molecule has 0 saturated carbocycles. The van der Waals surface area contributed by atoms with Crippen LogP contribution in [0.3, 0.4) is 0 Å². The van der Waals surface area contributed by atoms with Gasteiger partial charge in [0.1, 0.15) is 0 Å². The fourth-order valence-electron chi connectivity index (χ4n) is 2.63. The molecule has 0 bridgehead atoms. The minimum absolute atomic E-state index is 0.259. The molecule has 0 spiro atoms. The van der Waals surface area contributed by atoms with E-state index in [2.05, 4.69) is 15.3 Å². The predicted molar refractivity (Wildman–Crippen MR) is 77.7 cm³/mol. The number of anilines is 1. The summed E-state index contributed by atoms with van der Waals surface area (Å²) in [6.07, 6.45) is 6.12. The van der Waals surface area contributed by atoms with E-state index in [4.69, 9.17) is 0 Å². The number of carboxylic acid groups (broad SMARTS) is 1. The standard InChI is InChI=1S/C15H15N3O3/c19-14(10-3-1-2-4-11(10)15(20)21)18-9-5-6-12-13(7-9)17-8-16-12/h1-2,5-8,10-11H,3-4H2,(H,16,17)(H,18,19)(H,20,21). The first-order chi connectivity index (χ1) is 10.1. The van der Waals surface area contributed by atoms with Gasteiger partial charge in [0, 0.05) is 5.69 Å². The van der Waals surface area contributed by atoms with Crippen LogP contribution in [0.2, 0.25) is 0 Å². The molecule has 2 unspecified atom stereocenters. The Hall–Kier alpha value is -2.63. The topological polar surface area (TPSA) is 95.1 Å². The third kappa shape index (κ3) is 2.65. The van der Waals surface area contributed by atoms with Gasteiger partial charge in [-0.2, -0.15) is 0 Å². The molecule has 6 heteroatoms. The first kappa shape index (κ1) is 13.4. The smallest absolute Gasteiger partial charge is 0.307 e. The lowest BCUT2D eigenvalue weighted by atomic mass is 9.82. The zero-order chi connectivity index (χ0) is 14.8. The van der Waals surface area contributed by atoms with Gasteiger partial charge in [0.05, 0.1) is 29.2 Å². The largest absolute Gasteiger partial charge is 0.481 e. The molecule has 1 aliphatic rings. The number of aliphatic carboxylic acids is 1. The molecule has 1 amide bonds. The van der Waals surface area contributed by atoms with Crippen LogP contribution >= 0.6 is 0 Å². The van der Waals surface area contributed by atoms with Gasteiger partial charge in [-0.3, -0.25) is 9.59 Å². The van der Waals surface area contributed by atoms with Crippen LogP contribution in [0.4, 0.5) is 5.69 Å². The number of benzene rings is 1. The van der Waals surface area contributed by atoms with Crippen LogP contribution in [-0.4, -0.2) is 27.0 Å².